The van der Waals surface area contributed by atoms with Gasteiger partial charge in [-0.2, -0.15) is 4.99 Å². The van der Waals surface area contributed by atoms with Gasteiger partial charge >= 0.3 is 0 Å². The van der Waals surface area contributed by atoms with E-state index in [0.717, 1.165) is 20.5 Å². The largest absolute Gasteiger partial charge is 0.304 e. The minimum Gasteiger partial charge on any atom is -0.304 e. The molecule has 0 aliphatic rings. The molecule has 0 bridgehead atoms. The Morgan fingerprint density at radius 2 is 2.03 bits per heavy atom. The Labute approximate surface area is 177 Å². The van der Waals surface area contributed by atoms with Crippen LogP contribution in [-0.2, 0) is 6.54 Å². The summed E-state index contributed by atoms with van der Waals surface area (Å²) in [7, 11) is 0. The number of aromatic nitrogens is 1. The monoisotopic (exact) mass is 441 g/mol. The number of amides is 1. The zero-order chi connectivity index (χ0) is 20.7. The fourth-order valence-corrected chi connectivity index (χ4v) is 5.20. The maximum Gasteiger partial charge on any atom is 0.289 e. The lowest BCUT2D eigenvalue weighted by molar-refractivity contribution is -0.384. The van der Waals surface area contributed by atoms with Crippen LogP contribution in [-0.4, -0.2) is 15.4 Å². The third kappa shape index (κ3) is 3.44. The van der Waals surface area contributed by atoms with Gasteiger partial charge in [0.1, 0.15) is 0 Å². The molecule has 0 N–H and O–H groups in total. The number of thiophene rings is 1. The molecule has 0 fully saturated rings. The smallest absolute Gasteiger partial charge is 0.289 e. The van der Waals surface area contributed by atoms with E-state index in [1.807, 2.05) is 13.0 Å². The van der Waals surface area contributed by atoms with E-state index in [1.54, 1.807) is 22.8 Å². The van der Waals surface area contributed by atoms with Crippen LogP contribution >= 0.6 is 34.3 Å². The van der Waals surface area contributed by atoms with Crippen molar-refractivity contribution in [3.63, 3.8) is 0 Å². The molecule has 2 aromatic heterocycles. The number of thiazole rings is 1. The molecule has 9 heteroatoms. The van der Waals surface area contributed by atoms with Crippen molar-refractivity contribution in [2.24, 2.45) is 4.99 Å². The second-order valence-electron chi connectivity index (χ2n) is 6.20. The highest BCUT2D eigenvalue weighted by atomic mass is 35.5. The van der Waals surface area contributed by atoms with Crippen LogP contribution < -0.4 is 4.80 Å². The summed E-state index contributed by atoms with van der Waals surface area (Å²) in [4.78, 5) is 28.5. The average molecular weight is 442 g/mol. The number of terminal acetylenes is 1. The summed E-state index contributed by atoms with van der Waals surface area (Å²) < 4.78 is 3.52. The molecular formula is C20H12ClN3O3S2. The maximum absolute atomic E-state index is 12.8. The molecule has 4 rings (SSSR count). The van der Waals surface area contributed by atoms with E-state index in [0.29, 0.717) is 20.1 Å². The summed E-state index contributed by atoms with van der Waals surface area (Å²) in [6.07, 6.45) is 5.52. The molecule has 144 valence electrons. The van der Waals surface area contributed by atoms with Crippen molar-refractivity contribution in [2.45, 2.75) is 13.5 Å². The summed E-state index contributed by atoms with van der Waals surface area (Å²) in [6, 6.07) is 9.82. The molecule has 0 aliphatic heterocycles. The minimum atomic E-state index is -0.462. The summed E-state index contributed by atoms with van der Waals surface area (Å²) in [5.74, 6) is 2.17. The lowest BCUT2D eigenvalue weighted by Gasteiger charge is -2.04. The first-order valence-corrected chi connectivity index (χ1v) is 10.4. The van der Waals surface area contributed by atoms with Gasteiger partial charge in [0.25, 0.3) is 11.6 Å². The molecule has 0 radical (unpaired) electrons. The highest BCUT2D eigenvalue weighted by molar-refractivity contribution is 7.21. The molecule has 0 unspecified atom stereocenters. The van der Waals surface area contributed by atoms with Crippen molar-refractivity contribution in [2.75, 3.05) is 0 Å². The lowest BCUT2D eigenvalue weighted by atomic mass is 10.2. The number of aryl methyl sites for hydroxylation is 1. The first-order chi connectivity index (χ1) is 13.9. The van der Waals surface area contributed by atoms with Crippen molar-refractivity contribution in [3.05, 3.63) is 66.8 Å². The van der Waals surface area contributed by atoms with Crippen molar-refractivity contribution in [1.29, 1.82) is 0 Å². The van der Waals surface area contributed by atoms with Crippen molar-refractivity contribution < 1.29 is 9.72 Å². The number of rotatable bonds is 3. The SMILES string of the molecule is C#CCn1c(=NC(=O)c2cc3cc([N+](=O)[O-])ccc3s2)sc2ccc(Cl)c(C)c21. The molecule has 6 nitrogen and oxygen atoms in total. The van der Waals surface area contributed by atoms with Gasteiger partial charge in [0.2, 0.25) is 0 Å². The summed E-state index contributed by atoms with van der Waals surface area (Å²) in [6.45, 7) is 2.15. The molecule has 0 saturated heterocycles. The van der Waals surface area contributed by atoms with Crippen molar-refractivity contribution in [3.8, 4) is 12.3 Å². The van der Waals surface area contributed by atoms with Crippen molar-refractivity contribution >= 4 is 66.2 Å². The number of hydrogen-bond donors (Lipinski definition) is 0. The molecule has 0 saturated carbocycles. The third-order valence-electron chi connectivity index (χ3n) is 4.40. The zero-order valence-electron chi connectivity index (χ0n) is 15.0. The number of carbonyl (C=O) groups excluding carboxylic acids is 1. The van der Waals surface area contributed by atoms with Gasteiger partial charge in [0.05, 0.1) is 26.6 Å². The molecule has 0 atom stereocenters. The van der Waals surface area contributed by atoms with Crippen LogP contribution in [0.15, 0.2) is 41.4 Å². The van der Waals surface area contributed by atoms with Gasteiger partial charge in [-0.3, -0.25) is 14.9 Å². The van der Waals surface area contributed by atoms with Crippen LogP contribution in [0, 0.1) is 29.4 Å². The Morgan fingerprint density at radius 1 is 1.28 bits per heavy atom. The highest BCUT2D eigenvalue weighted by Gasteiger charge is 2.15. The van der Waals surface area contributed by atoms with Gasteiger partial charge in [0, 0.05) is 27.2 Å². The van der Waals surface area contributed by atoms with E-state index in [2.05, 4.69) is 10.9 Å². The fraction of sp³-hybridized carbons (Fsp3) is 0.100. The minimum absolute atomic E-state index is 0.0186. The lowest BCUT2D eigenvalue weighted by Crippen LogP contribution is -2.16. The molecule has 2 aromatic carbocycles. The number of halogens is 1. The standard InChI is InChI=1S/C20H12ClN3O3S2/c1-3-8-23-18-11(2)14(21)5-7-16(18)29-20(23)22-19(25)17-10-12-9-13(24(26)27)4-6-15(12)28-17/h1,4-7,9-10H,8H2,2H3. The van der Waals surface area contributed by atoms with E-state index in [-0.39, 0.29) is 12.2 Å². The van der Waals surface area contributed by atoms with Gasteiger partial charge in [-0.1, -0.05) is 28.9 Å². The van der Waals surface area contributed by atoms with Gasteiger partial charge < -0.3 is 4.57 Å². The van der Waals surface area contributed by atoms with E-state index in [9.17, 15) is 14.9 Å². The van der Waals surface area contributed by atoms with Crippen LogP contribution in [0.25, 0.3) is 20.3 Å². The molecule has 0 spiro atoms. The number of nitro benzene ring substituents is 1. The van der Waals surface area contributed by atoms with Crippen LogP contribution in [0.1, 0.15) is 15.2 Å². The topological polar surface area (TPSA) is 77.5 Å². The van der Waals surface area contributed by atoms with Crippen LogP contribution in [0.3, 0.4) is 0 Å². The van der Waals surface area contributed by atoms with E-state index in [1.165, 1.54) is 34.8 Å². The maximum atomic E-state index is 12.8. The first kappa shape index (κ1) is 19.3. The van der Waals surface area contributed by atoms with E-state index >= 15 is 0 Å². The molecular weight excluding hydrogens is 430 g/mol. The Kier molecular flexibility index (Phi) is 4.96. The predicted molar refractivity (Wildman–Crippen MR) is 117 cm³/mol. The Bertz CT molecular complexity index is 1420. The molecule has 0 aliphatic carbocycles. The second-order valence-corrected chi connectivity index (χ2v) is 8.70. The number of carbonyl (C=O) groups is 1. The Balaban J connectivity index is 1.84. The second kappa shape index (κ2) is 7.44. The van der Waals surface area contributed by atoms with Crippen LogP contribution in [0.2, 0.25) is 5.02 Å². The number of benzene rings is 2. The number of nitrogens with zero attached hydrogens (tertiary/aromatic N) is 3. The van der Waals surface area contributed by atoms with Crippen molar-refractivity contribution in [1.82, 2.24) is 4.57 Å². The molecule has 1 amide bonds. The van der Waals surface area contributed by atoms with Gasteiger partial charge in [-0.05, 0) is 36.8 Å². The number of hydrogen-bond acceptors (Lipinski definition) is 5. The normalized spacial score (nSPS) is 11.8. The summed E-state index contributed by atoms with van der Waals surface area (Å²) in [5.41, 5.74) is 1.72. The van der Waals surface area contributed by atoms with Crippen LogP contribution in [0.5, 0.6) is 0 Å². The van der Waals surface area contributed by atoms with Gasteiger partial charge in [-0.15, -0.1) is 17.8 Å². The van der Waals surface area contributed by atoms with Crippen LogP contribution in [0.4, 0.5) is 5.69 Å². The molecule has 29 heavy (non-hydrogen) atoms. The van der Waals surface area contributed by atoms with Gasteiger partial charge in [-0.25, -0.2) is 0 Å². The third-order valence-corrected chi connectivity index (χ3v) is 6.96. The highest BCUT2D eigenvalue weighted by Crippen LogP contribution is 2.30. The van der Waals surface area contributed by atoms with E-state index < -0.39 is 10.8 Å². The number of fused-ring (bicyclic) bond motifs is 2. The average Bonchev–Trinajstić information content (AvgIpc) is 3.26. The predicted octanol–water partition coefficient (Wildman–Crippen LogP) is 5.16. The summed E-state index contributed by atoms with van der Waals surface area (Å²) >= 11 is 8.85. The fourth-order valence-electron chi connectivity index (χ4n) is 3.03. The van der Waals surface area contributed by atoms with Gasteiger partial charge in [0.15, 0.2) is 4.80 Å². The first-order valence-electron chi connectivity index (χ1n) is 8.38. The Morgan fingerprint density at radius 3 is 2.76 bits per heavy atom. The summed E-state index contributed by atoms with van der Waals surface area (Å²) in [5, 5.41) is 12.2. The quantitative estimate of drug-likeness (QED) is 0.250. The number of non-ortho nitro benzene ring substituents is 1. The van der Waals surface area contributed by atoms with E-state index in [4.69, 9.17) is 18.0 Å². The zero-order valence-corrected chi connectivity index (χ0v) is 17.4. The molecule has 2 heterocycles. The Hall–Kier alpha value is -2.99. The molecule has 4 aromatic rings. The number of nitro groups is 1.